The molecular formula is C9H17O2. The van der Waals surface area contributed by atoms with E-state index < -0.39 is 0 Å². The zero-order valence-corrected chi connectivity index (χ0v) is 7.34. The van der Waals surface area contributed by atoms with Crippen molar-refractivity contribution in [2.75, 3.05) is 19.8 Å². The number of hydrogen-bond donors (Lipinski definition) is 1. The Morgan fingerprint density at radius 1 is 1.45 bits per heavy atom. The summed E-state index contributed by atoms with van der Waals surface area (Å²) in [6.07, 6.45) is 4.73. The van der Waals surface area contributed by atoms with Gasteiger partial charge >= 0.3 is 0 Å². The minimum absolute atomic E-state index is 0.211. The molecule has 0 spiro atoms. The molecule has 0 saturated heterocycles. The summed E-state index contributed by atoms with van der Waals surface area (Å²) in [5.41, 5.74) is 1.27. The second kappa shape index (κ2) is 7.76. The minimum atomic E-state index is 0.211. The van der Waals surface area contributed by atoms with Gasteiger partial charge < -0.3 is 9.84 Å². The van der Waals surface area contributed by atoms with Crippen LogP contribution in [0.4, 0.5) is 0 Å². The molecule has 0 atom stereocenters. The molecule has 1 radical (unpaired) electrons. The predicted molar refractivity (Wildman–Crippen MR) is 46.3 cm³/mol. The van der Waals surface area contributed by atoms with E-state index in [0.717, 1.165) is 6.42 Å². The summed E-state index contributed by atoms with van der Waals surface area (Å²) >= 11 is 0. The number of ether oxygens (including phenoxy) is 1. The molecule has 0 rings (SSSR count). The highest BCUT2D eigenvalue weighted by molar-refractivity contribution is 5.02. The average molecular weight is 157 g/mol. The van der Waals surface area contributed by atoms with E-state index in [1.807, 2.05) is 26.3 Å². The monoisotopic (exact) mass is 157 g/mol. The molecule has 0 amide bonds. The first-order chi connectivity index (χ1) is 5.27. The lowest BCUT2D eigenvalue weighted by atomic mass is 10.3. The van der Waals surface area contributed by atoms with Crippen molar-refractivity contribution in [3.8, 4) is 0 Å². The predicted octanol–water partition coefficient (Wildman–Crippen LogP) is 1.56. The molecule has 0 aromatic heterocycles. The zero-order valence-electron chi connectivity index (χ0n) is 7.34. The van der Waals surface area contributed by atoms with Crippen LogP contribution in [0.3, 0.4) is 0 Å². The molecule has 1 N–H and O–H groups in total. The van der Waals surface area contributed by atoms with E-state index in [1.54, 1.807) is 0 Å². The van der Waals surface area contributed by atoms with Crippen molar-refractivity contribution in [1.82, 2.24) is 0 Å². The van der Waals surface area contributed by atoms with Gasteiger partial charge in [-0.1, -0.05) is 11.6 Å². The summed E-state index contributed by atoms with van der Waals surface area (Å²) in [7, 11) is 0. The van der Waals surface area contributed by atoms with E-state index >= 15 is 0 Å². The molecule has 0 aromatic rings. The fourth-order valence-electron chi connectivity index (χ4n) is 0.602. The first kappa shape index (κ1) is 10.7. The van der Waals surface area contributed by atoms with Crippen LogP contribution in [0.25, 0.3) is 0 Å². The second-order valence-electron chi connectivity index (χ2n) is 2.63. The first-order valence-corrected chi connectivity index (χ1v) is 3.92. The van der Waals surface area contributed by atoms with Gasteiger partial charge in [-0.05, 0) is 20.3 Å². The summed E-state index contributed by atoms with van der Waals surface area (Å²) in [4.78, 5) is 0. The molecule has 0 bridgehead atoms. The van der Waals surface area contributed by atoms with Crippen LogP contribution in [0.1, 0.15) is 20.3 Å². The summed E-state index contributed by atoms with van der Waals surface area (Å²) < 4.78 is 5.16. The summed E-state index contributed by atoms with van der Waals surface area (Å²) in [5, 5.41) is 8.41. The number of allylic oxidation sites excluding steroid dienone is 1. The van der Waals surface area contributed by atoms with E-state index in [2.05, 4.69) is 0 Å². The van der Waals surface area contributed by atoms with Crippen LogP contribution in [0.2, 0.25) is 0 Å². The second-order valence-corrected chi connectivity index (χ2v) is 2.63. The van der Waals surface area contributed by atoms with Crippen molar-refractivity contribution in [3.63, 3.8) is 0 Å². The fourth-order valence-corrected chi connectivity index (χ4v) is 0.602. The number of hydrogen-bond acceptors (Lipinski definition) is 2. The van der Waals surface area contributed by atoms with Gasteiger partial charge in [0, 0.05) is 19.6 Å². The van der Waals surface area contributed by atoms with E-state index in [4.69, 9.17) is 9.84 Å². The van der Waals surface area contributed by atoms with Gasteiger partial charge in [-0.25, -0.2) is 0 Å². The molecular weight excluding hydrogens is 140 g/mol. The molecule has 65 valence electrons. The molecule has 0 heterocycles. The fraction of sp³-hybridized carbons (Fsp3) is 0.667. The summed E-state index contributed by atoms with van der Waals surface area (Å²) in [5.74, 6) is 0. The highest BCUT2D eigenvalue weighted by Crippen LogP contribution is 1.92. The Morgan fingerprint density at radius 3 is 2.73 bits per heavy atom. The van der Waals surface area contributed by atoms with E-state index in [1.165, 1.54) is 5.57 Å². The van der Waals surface area contributed by atoms with E-state index in [0.29, 0.717) is 13.2 Å². The number of rotatable bonds is 6. The quantitative estimate of drug-likeness (QED) is 0.593. The maximum atomic E-state index is 8.41. The largest absolute Gasteiger partial charge is 0.396 e. The van der Waals surface area contributed by atoms with Gasteiger partial charge in [0.15, 0.2) is 0 Å². The molecule has 11 heavy (non-hydrogen) atoms. The van der Waals surface area contributed by atoms with Crippen molar-refractivity contribution in [2.24, 2.45) is 0 Å². The van der Waals surface area contributed by atoms with Crippen LogP contribution >= 0.6 is 0 Å². The Balaban J connectivity index is 2.97. The minimum Gasteiger partial charge on any atom is -0.396 e. The van der Waals surface area contributed by atoms with Gasteiger partial charge in [0.05, 0.1) is 6.61 Å². The SMILES string of the molecule is CC(C)=C[CH]COCCCO. The Labute approximate surface area is 68.9 Å². The smallest absolute Gasteiger partial charge is 0.0535 e. The molecule has 0 aliphatic rings. The highest BCUT2D eigenvalue weighted by Gasteiger charge is 1.86. The third-order valence-electron chi connectivity index (χ3n) is 1.11. The van der Waals surface area contributed by atoms with Gasteiger partial charge in [0.1, 0.15) is 0 Å². The maximum absolute atomic E-state index is 8.41. The van der Waals surface area contributed by atoms with Gasteiger partial charge in [0.25, 0.3) is 0 Å². The van der Waals surface area contributed by atoms with Crippen LogP contribution in [-0.2, 0) is 4.74 Å². The summed E-state index contributed by atoms with van der Waals surface area (Å²) in [6, 6.07) is 0. The number of aliphatic hydroxyl groups excluding tert-OH is 1. The third-order valence-corrected chi connectivity index (χ3v) is 1.11. The topological polar surface area (TPSA) is 29.5 Å². The normalized spacial score (nSPS) is 9.73. The van der Waals surface area contributed by atoms with Crippen molar-refractivity contribution < 1.29 is 9.84 Å². The lowest BCUT2D eigenvalue weighted by Gasteiger charge is -1.99. The van der Waals surface area contributed by atoms with Crippen molar-refractivity contribution in [3.05, 3.63) is 18.1 Å². The molecule has 0 unspecified atom stereocenters. The molecule has 0 saturated carbocycles. The Morgan fingerprint density at radius 2 is 2.18 bits per heavy atom. The van der Waals surface area contributed by atoms with Gasteiger partial charge in [-0.2, -0.15) is 0 Å². The highest BCUT2D eigenvalue weighted by atomic mass is 16.5. The molecule has 0 fully saturated rings. The molecule has 0 aromatic carbocycles. The van der Waals surface area contributed by atoms with Crippen LogP contribution < -0.4 is 0 Å². The van der Waals surface area contributed by atoms with Gasteiger partial charge in [-0.15, -0.1) is 0 Å². The zero-order chi connectivity index (χ0) is 8.53. The number of aliphatic hydroxyl groups is 1. The lowest BCUT2D eigenvalue weighted by Crippen LogP contribution is -1.98. The van der Waals surface area contributed by atoms with E-state index in [-0.39, 0.29) is 6.61 Å². The van der Waals surface area contributed by atoms with Crippen molar-refractivity contribution >= 4 is 0 Å². The standard InChI is InChI=1S/C9H17O2/c1-9(2)5-3-7-11-8-4-6-10/h3,5,10H,4,6-8H2,1-2H3. The van der Waals surface area contributed by atoms with Gasteiger partial charge in [0.2, 0.25) is 0 Å². The van der Waals surface area contributed by atoms with E-state index in [9.17, 15) is 0 Å². The molecule has 0 aliphatic carbocycles. The van der Waals surface area contributed by atoms with Crippen LogP contribution in [-0.4, -0.2) is 24.9 Å². The Hall–Kier alpha value is -0.340. The van der Waals surface area contributed by atoms with Crippen LogP contribution in [0, 0.1) is 6.42 Å². The van der Waals surface area contributed by atoms with Crippen LogP contribution in [0.15, 0.2) is 11.6 Å². The lowest BCUT2D eigenvalue weighted by molar-refractivity contribution is 0.134. The molecule has 2 nitrogen and oxygen atoms in total. The Kier molecular flexibility index (Phi) is 7.52. The third kappa shape index (κ3) is 9.66. The van der Waals surface area contributed by atoms with Crippen molar-refractivity contribution in [2.45, 2.75) is 20.3 Å². The van der Waals surface area contributed by atoms with Gasteiger partial charge in [-0.3, -0.25) is 0 Å². The van der Waals surface area contributed by atoms with Crippen LogP contribution in [0.5, 0.6) is 0 Å². The van der Waals surface area contributed by atoms with Crippen molar-refractivity contribution in [1.29, 1.82) is 0 Å². The first-order valence-electron chi connectivity index (χ1n) is 3.92. The molecule has 0 aliphatic heterocycles. The molecule has 2 heteroatoms. The average Bonchev–Trinajstić information content (AvgIpc) is 1.96. The Bertz CT molecular complexity index is 104. The summed E-state index contributed by atoms with van der Waals surface area (Å²) in [6.45, 7) is 5.59. The maximum Gasteiger partial charge on any atom is 0.0535 e.